The zero-order valence-corrected chi connectivity index (χ0v) is 17.8. The molecule has 0 heterocycles. The summed E-state index contributed by atoms with van der Waals surface area (Å²) >= 11 is 0. The highest BCUT2D eigenvalue weighted by Gasteiger charge is 2.47. The van der Waals surface area contributed by atoms with Crippen LogP contribution in [-0.4, -0.2) is 48.1 Å². The lowest BCUT2D eigenvalue weighted by Gasteiger charge is -2.39. The third kappa shape index (κ3) is 4.61. The molecule has 0 bridgehead atoms. The molecule has 0 spiro atoms. The smallest absolute Gasteiger partial charge is 0.191 e. The van der Waals surface area contributed by atoms with Crippen LogP contribution in [0.1, 0.15) is 46.5 Å². The van der Waals surface area contributed by atoms with E-state index in [1.165, 1.54) is 6.42 Å². The van der Waals surface area contributed by atoms with Crippen LogP contribution in [0.15, 0.2) is 0 Å². The molecule has 0 amide bonds. The minimum absolute atomic E-state index is 0.263. The predicted octanol–water partition coefficient (Wildman–Crippen LogP) is 4.45. The number of hydrogen-bond acceptors (Lipinski definition) is 4. The lowest BCUT2D eigenvalue weighted by Crippen LogP contribution is -2.43. The van der Waals surface area contributed by atoms with Crippen molar-refractivity contribution in [3.63, 3.8) is 0 Å². The Balaban J connectivity index is 1.95. The average Bonchev–Trinajstić information content (AvgIpc) is 2.86. The molecule has 5 heteroatoms. The van der Waals surface area contributed by atoms with E-state index >= 15 is 0 Å². The fraction of sp³-hybridized carbons (Fsp3) is 1.00. The molecule has 5 atom stereocenters. The molecule has 0 aromatic carbocycles. The van der Waals surface area contributed by atoms with Crippen molar-refractivity contribution in [3.8, 4) is 0 Å². The van der Waals surface area contributed by atoms with E-state index in [1.807, 2.05) is 7.11 Å². The van der Waals surface area contributed by atoms with Gasteiger partial charge in [0, 0.05) is 26.7 Å². The molecular formula is C19H38O4Si. The van der Waals surface area contributed by atoms with Crippen molar-refractivity contribution < 1.29 is 18.6 Å². The molecule has 0 radical (unpaired) electrons. The Hall–Kier alpha value is 0.0569. The second kappa shape index (κ2) is 8.17. The lowest BCUT2D eigenvalue weighted by atomic mass is 9.77. The summed E-state index contributed by atoms with van der Waals surface area (Å²) < 4.78 is 23.3. The molecule has 0 aromatic heterocycles. The Labute approximate surface area is 149 Å². The van der Waals surface area contributed by atoms with Gasteiger partial charge in [0.25, 0.3) is 0 Å². The van der Waals surface area contributed by atoms with Gasteiger partial charge in [0.05, 0.1) is 12.2 Å². The molecule has 24 heavy (non-hydrogen) atoms. The zero-order chi connectivity index (χ0) is 18.0. The summed E-state index contributed by atoms with van der Waals surface area (Å²) in [4.78, 5) is 0. The standard InChI is InChI=1S/C19H38O4Si/c1-19(2,3)24(6,7)23-12-17-16-9-8-15(22-13-20-4)10-14(16)11-18(17)21-5/h14-18H,8-13H2,1-7H3/t14-,15-,16-,17+,18+/m1/s1. The Bertz CT molecular complexity index is 393. The second-order valence-electron chi connectivity index (χ2n) is 9.18. The monoisotopic (exact) mass is 358 g/mol. The molecule has 2 fully saturated rings. The van der Waals surface area contributed by atoms with Crippen molar-refractivity contribution in [1.29, 1.82) is 0 Å². The highest BCUT2D eigenvalue weighted by Crippen LogP contribution is 2.48. The topological polar surface area (TPSA) is 36.9 Å². The third-order valence-electron chi connectivity index (χ3n) is 6.72. The fourth-order valence-corrected chi connectivity index (χ4v) is 5.21. The number of methoxy groups -OCH3 is 2. The summed E-state index contributed by atoms with van der Waals surface area (Å²) in [7, 11) is 1.85. The summed E-state index contributed by atoms with van der Waals surface area (Å²) in [6.45, 7) is 12.9. The van der Waals surface area contributed by atoms with Gasteiger partial charge >= 0.3 is 0 Å². The molecule has 2 aliphatic carbocycles. The van der Waals surface area contributed by atoms with E-state index in [0.29, 0.717) is 30.8 Å². The van der Waals surface area contributed by atoms with Crippen LogP contribution in [0.5, 0.6) is 0 Å². The summed E-state index contributed by atoms with van der Waals surface area (Å²) in [5.41, 5.74) is 0. The van der Waals surface area contributed by atoms with Crippen LogP contribution in [0.25, 0.3) is 0 Å². The number of hydrogen-bond donors (Lipinski definition) is 0. The third-order valence-corrected chi connectivity index (χ3v) is 11.2. The second-order valence-corrected chi connectivity index (χ2v) is 14.0. The average molecular weight is 359 g/mol. The largest absolute Gasteiger partial charge is 0.416 e. The highest BCUT2D eigenvalue weighted by atomic mass is 28.4. The first-order valence-electron chi connectivity index (χ1n) is 9.47. The van der Waals surface area contributed by atoms with Crippen molar-refractivity contribution in [2.45, 2.75) is 76.8 Å². The van der Waals surface area contributed by atoms with Crippen LogP contribution in [0.3, 0.4) is 0 Å². The van der Waals surface area contributed by atoms with Crippen molar-refractivity contribution in [2.75, 3.05) is 27.6 Å². The van der Waals surface area contributed by atoms with Gasteiger partial charge in [0.1, 0.15) is 6.79 Å². The van der Waals surface area contributed by atoms with Crippen molar-refractivity contribution in [2.24, 2.45) is 17.8 Å². The maximum Gasteiger partial charge on any atom is 0.191 e. The van der Waals surface area contributed by atoms with Gasteiger partial charge in [0.15, 0.2) is 8.32 Å². The quantitative estimate of drug-likeness (QED) is 0.498. The van der Waals surface area contributed by atoms with E-state index < -0.39 is 8.32 Å². The summed E-state index contributed by atoms with van der Waals surface area (Å²) in [6, 6.07) is 0. The predicted molar refractivity (Wildman–Crippen MR) is 99.6 cm³/mol. The first-order valence-corrected chi connectivity index (χ1v) is 12.4. The van der Waals surface area contributed by atoms with Gasteiger partial charge in [-0.1, -0.05) is 20.8 Å². The Morgan fingerprint density at radius 2 is 1.75 bits per heavy atom. The molecule has 2 saturated carbocycles. The van der Waals surface area contributed by atoms with Gasteiger partial charge in [-0.2, -0.15) is 0 Å². The van der Waals surface area contributed by atoms with Crippen LogP contribution in [-0.2, 0) is 18.6 Å². The van der Waals surface area contributed by atoms with Crippen LogP contribution in [0.4, 0.5) is 0 Å². The van der Waals surface area contributed by atoms with Crippen LogP contribution in [0, 0.1) is 17.8 Å². The Kier molecular flexibility index (Phi) is 6.93. The molecule has 2 rings (SSSR count). The summed E-state index contributed by atoms with van der Waals surface area (Å²) in [5, 5.41) is 0.263. The number of ether oxygens (including phenoxy) is 3. The van der Waals surface area contributed by atoms with Gasteiger partial charge in [-0.05, 0) is 55.7 Å². The summed E-state index contributed by atoms with van der Waals surface area (Å²) in [5.74, 6) is 1.97. The number of rotatable bonds is 7. The van der Waals surface area contributed by atoms with Gasteiger partial charge in [-0.15, -0.1) is 0 Å². The van der Waals surface area contributed by atoms with Gasteiger partial charge in [-0.3, -0.25) is 0 Å². The Morgan fingerprint density at radius 1 is 1.04 bits per heavy atom. The molecule has 142 valence electrons. The zero-order valence-electron chi connectivity index (χ0n) is 16.8. The summed E-state index contributed by atoms with van der Waals surface area (Å²) in [6.07, 6.45) is 5.35. The fourth-order valence-electron chi connectivity index (χ4n) is 4.17. The molecular weight excluding hydrogens is 320 g/mol. The SMILES string of the molecule is COCO[C@@H]1CC[C@@H]2[C@H](C1)C[C@H](OC)[C@H]2CO[Si](C)(C)C(C)(C)C. The highest BCUT2D eigenvalue weighted by molar-refractivity contribution is 6.74. The van der Waals surface area contributed by atoms with E-state index in [9.17, 15) is 0 Å². The van der Waals surface area contributed by atoms with Crippen LogP contribution in [0.2, 0.25) is 18.1 Å². The first kappa shape index (κ1) is 20.4. The molecule has 0 saturated heterocycles. The van der Waals surface area contributed by atoms with E-state index in [2.05, 4.69) is 33.9 Å². The Morgan fingerprint density at radius 3 is 2.33 bits per heavy atom. The normalized spacial score (nSPS) is 34.4. The van der Waals surface area contributed by atoms with E-state index in [4.69, 9.17) is 18.6 Å². The van der Waals surface area contributed by atoms with Gasteiger partial charge < -0.3 is 18.6 Å². The lowest BCUT2D eigenvalue weighted by molar-refractivity contribution is -0.0943. The molecule has 0 unspecified atom stereocenters. The van der Waals surface area contributed by atoms with Crippen LogP contribution >= 0.6 is 0 Å². The minimum Gasteiger partial charge on any atom is -0.416 e. The number of fused-ring (bicyclic) bond motifs is 1. The van der Waals surface area contributed by atoms with Crippen molar-refractivity contribution >= 4 is 8.32 Å². The molecule has 0 aliphatic heterocycles. The van der Waals surface area contributed by atoms with E-state index in [1.54, 1.807) is 7.11 Å². The van der Waals surface area contributed by atoms with Crippen molar-refractivity contribution in [3.05, 3.63) is 0 Å². The van der Waals surface area contributed by atoms with Gasteiger partial charge in [-0.25, -0.2) is 0 Å². The van der Waals surface area contributed by atoms with E-state index in [0.717, 1.165) is 31.8 Å². The maximum atomic E-state index is 6.56. The van der Waals surface area contributed by atoms with Crippen molar-refractivity contribution in [1.82, 2.24) is 0 Å². The molecule has 4 nitrogen and oxygen atoms in total. The minimum atomic E-state index is -1.70. The van der Waals surface area contributed by atoms with Gasteiger partial charge in [0.2, 0.25) is 0 Å². The molecule has 0 N–H and O–H groups in total. The first-order chi connectivity index (χ1) is 11.2. The maximum absolute atomic E-state index is 6.56. The molecule has 2 aliphatic rings. The van der Waals surface area contributed by atoms with E-state index in [-0.39, 0.29) is 5.04 Å². The van der Waals surface area contributed by atoms with Crippen LogP contribution < -0.4 is 0 Å². The molecule has 0 aromatic rings.